The SMILES string of the molecule is Cc1nc(=O)n(CCCCN(C)C)c(C)c1CCC(=O)O. The Morgan fingerprint density at radius 2 is 1.95 bits per heavy atom. The molecular weight excluding hydrogens is 270 g/mol. The first kappa shape index (κ1) is 17.4. The lowest BCUT2D eigenvalue weighted by Gasteiger charge is -2.15. The van der Waals surface area contributed by atoms with Crippen molar-refractivity contribution >= 4 is 5.97 Å². The number of rotatable bonds is 8. The highest BCUT2D eigenvalue weighted by Gasteiger charge is 2.12. The molecule has 0 saturated heterocycles. The summed E-state index contributed by atoms with van der Waals surface area (Å²) in [4.78, 5) is 28.9. The van der Waals surface area contributed by atoms with E-state index in [0.717, 1.165) is 30.6 Å². The zero-order valence-corrected chi connectivity index (χ0v) is 13.3. The lowest BCUT2D eigenvalue weighted by molar-refractivity contribution is -0.136. The van der Waals surface area contributed by atoms with Gasteiger partial charge in [0.1, 0.15) is 0 Å². The molecule has 1 aromatic heterocycles. The first-order valence-corrected chi connectivity index (χ1v) is 7.26. The Hall–Kier alpha value is -1.69. The number of carboxylic acid groups (broad SMARTS) is 1. The van der Waals surface area contributed by atoms with E-state index >= 15 is 0 Å². The number of hydrogen-bond donors (Lipinski definition) is 1. The molecule has 6 nitrogen and oxygen atoms in total. The maximum Gasteiger partial charge on any atom is 0.347 e. The van der Waals surface area contributed by atoms with E-state index in [4.69, 9.17) is 5.11 Å². The Balaban J connectivity index is 2.85. The quantitative estimate of drug-likeness (QED) is 0.730. The number of unbranched alkanes of at least 4 members (excludes halogenated alkanes) is 1. The van der Waals surface area contributed by atoms with E-state index in [0.29, 0.717) is 18.7 Å². The van der Waals surface area contributed by atoms with Gasteiger partial charge in [0.05, 0.1) is 0 Å². The lowest BCUT2D eigenvalue weighted by Crippen LogP contribution is -2.28. The number of aliphatic carboxylic acids is 1. The van der Waals surface area contributed by atoms with Crippen LogP contribution in [0.3, 0.4) is 0 Å². The maximum absolute atomic E-state index is 12.0. The van der Waals surface area contributed by atoms with Crippen LogP contribution in [0, 0.1) is 13.8 Å². The molecule has 0 atom stereocenters. The fraction of sp³-hybridized carbons (Fsp3) is 0.667. The van der Waals surface area contributed by atoms with E-state index in [1.807, 2.05) is 21.0 Å². The van der Waals surface area contributed by atoms with Crippen molar-refractivity contribution < 1.29 is 9.90 Å². The monoisotopic (exact) mass is 295 g/mol. The van der Waals surface area contributed by atoms with Crippen molar-refractivity contribution in [3.05, 3.63) is 27.4 Å². The van der Waals surface area contributed by atoms with Gasteiger partial charge in [0.2, 0.25) is 0 Å². The molecule has 1 aromatic rings. The van der Waals surface area contributed by atoms with E-state index in [1.54, 1.807) is 11.5 Å². The second-order valence-corrected chi connectivity index (χ2v) is 5.60. The third kappa shape index (κ3) is 5.30. The Morgan fingerprint density at radius 3 is 2.52 bits per heavy atom. The van der Waals surface area contributed by atoms with Gasteiger partial charge in [-0.1, -0.05) is 0 Å². The molecule has 0 saturated carbocycles. The highest BCUT2D eigenvalue weighted by Crippen LogP contribution is 2.12. The van der Waals surface area contributed by atoms with Gasteiger partial charge in [-0.15, -0.1) is 0 Å². The summed E-state index contributed by atoms with van der Waals surface area (Å²) in [5, 5.41) is 8.81. The molecule has 0 fully saturated rings. The molecule has 0 amide bonds. The van der Waals surface area contributed by atoms with E-state index in [-0.39, 0.29) is 12.1 Å². The van der Waals surface area contributed by atoms with Gasteiger partial charge in [0.15, 0.2) is 0 Å². The van der Waals surface area contributed by atoms with Gasteiger partial charge >= 0.3 is 11.7 Å². The van der Waals surface area contributed by atoms with Crippen LogP contribution in [0.1, 0.15) is 36.2 Å². The summed E-state index contributed by atoms with van der Waals surface area (Å²) in [6, 6.07) is 0. The van der Waals surface area contributed by atoms with Gasteiger partial charge in [-0.25, -0.2) is 4.79 Å². The zero-order valence-electron chi connectivity index (χ0n) is 13.3. The van der Waals surface area contributed by atoms with Gasteiger partial charge in [-0.2, -0.15) is 4.98 Å². The Morgan fingerprint density at radius 1 is 1.29 bits per heavy atom. The Bertz CT molecular complexity index is 550. The van der Waals surface area contributed by atoms with Crippen LogP contribution in [0.2, 0.25) is 0 Å². The minimum Gasteiger partial charge on any atom is -0.481 e. The fourth-order valence-electron chi connectivity index (χ4n) is 2.39. The molecule has 0 unspecified atom stereocenters. The van der Waals surface area contributed by atoms with Crippen LogP contribution in [0.5, 0.6) is 0 Å². The van der Waals surface area contributed by atoms with Crippen LogP contribution >= 0.6 is 0 Å². The molecule has 0 radical (unpaired) electrons. The van der Waals surface area contributed by atoms with E-state index in [2.05, 4.69) is 9.88 Å². The molecule has 0 aromatic carbocycles. The van der Waals surface area contributed by atoms with Crippen LogP contribution in [0.25, 0.3) is 0 Å². The van der Waals surface area contributed by atoms with E-state index in [1.165, 1.54) is 0 Å². The highest BCUT2D eigenvalue weighted by molar-refractivity contribution is 5.67. The summed E-state index contributed by atoms with van der Waals surface area (Å²) >= 11 is 0. The zero-order chi connectivity index (χ0) is 16.0. The summed E-state index contributed by atoms with van der Waals surface area (Å²) in [7, 11) is 4.05. The second-order valence-electron chi connectivity index (χ2n) is 5.60. The topological polar surface area (TPSA) is 75.4 Å². The van der Waals surface area contributed by atoms with Crippen molar-refractivity contribution in [3.63, 3.8) is 0 Å². The van der Waals surface area contributed by atoms with Crippen LogP contribution in [-0.4, -0.2) is 46.2 Å². The molecule has 1 heterocycles. The van der Waals surface area contributed by atoms with Crippen LogP contribution in [0.15, 0.2) is 4.79 Å². The normalized spacial score (nSPS) is 11.1. The first-order chi connectivity index (χ1) is 9.82. The largest absolute Gasteiger partial charge is 0.481 e. The van der Waals surface area contributed by atoms with Crippen molar-refractivity contribution in [2.45, 2.75) is 46.1 Å². The van der Waals surface area contributed by atoms with Crippen molar-refractivity contribution in [2.75, 3.05) is 20.6 Å². The third-order valence-electron chi connectivity index (χ3n) is 3.60. The Labute approximate surface area is 125 Å². The number of nitrogens with zero attached hydrogens (tertiary/aromatic N) is 3. The molecule has 21 heavy (non-hydrogen) atoms. The highest BCUT2D eigenvalue weighted by atomic mass is 16.4. The lowest BCUT2D eigenvalue weighted by atomic mass is 10.1. The minimum absolute atomic E-state index is 0.0577. The predicted octanol–water partition coefficient (Wildman–Crippen LogP) is 1.22. The summed E-state index contributed by atoms with van der Waals surface area (Å²) < 4.78 is 1.67. The smallest absolute Gasteiger partial charge is 0.347 e. The van der Waals surface area contributed by atoms with Crippen LogP contribution in [-0.2, 0) is 17.8 Å². The standard InChI is InChI=1S/C15H25N3O3/c1-11-13(7-8-14(19)20)12(2)18(15(21)16-11)10-6-5-9-17(3)4/h5-10H2,1-4H3,(H,19,20). The molecule has 0 aliphatic rings. The first-order valence-electron chi connectivity index (χ1n) is 7.26. The summed E-state index contributed by atoms with van der Waals surface area (Å²) in [5.41, 5.74) is 2.13. The molecule has 118 valence electrons. The van der Waals surface area contributed by atoms with Crippen molar-refractivity contribution in [3.8, 4) is 0 Å². The van der Waals surface area contributed by atoms with Gasteiger partial charge in [-0.3, -0.25) is 9.36 Å². The van der Waals surface area contributed by atoms with Crippen molar-refractivity contribution in [1.29, 1.82) is 0 Å². The summed E-state index contributed by atoms with van der Waals surface area (Å²) in [6.45, 7) is 5.26. The molecular formula is C15H25N3O3. The maximum atomic E-state index is 12.0. The van der Waals surface area contributed by atoms with E-state index in [9.17, 15) is 9.59 Å². The van der Waals surface area contributed by atoms with Crippen molar-refractivity contribution in [1.82, 2.24) is 14.5 Å². The number of aryl methyl sites for hydroxylation is 1. The molecule has 1 rings (SSSR count). The Kier molecular flexibility index (Phi) is 6.55. The molecule has 6 heteroatoms. The average Bonchev–Trinajstić information content (AvgIpc) is 2.36. The predicted molar refractivity (Wildman–Crippen MR) is 81.7 cm³/mol. The van der Waals surface area contributed by atoms with Crippen molar-refractivity contribution in [2.24, 2.45) is 0 Å². The fourth-order valence-corrected chi connectivity index (χ4v) is 2.39. The number of carboxylic acids is 1. The molecule has 0 aliphatic heterocycles. The average molecular weight is 295 g/mol. The third-order valence-corrected chi connectivity index (χ3v) is 3.60. The number of aromatic nitrogens is 2. The van der Waals surface area contributed by atoms with E-state index < -0.39 is 5.97 Å². The number of carbonyl (C=O) groups is 1. The van der Waals surface area contributed by atoms with Gasteiger partial charge < -0.3 is 10.0 Å². The molecule has 0 aliphatic carbocycles. The number of hydrogen-bond acceptors (Lipinski definition) is 4. The van der Waals surface area contributed by atoms with Crippen LogP contribution in [0.4, 0.5) is 0 Å². The van der Waals surface area contributed by atoms with Gasteiger partial charge in [-0.05, 0) is 59.3 Å². The minimum atomic E-state index is -0.836. The summed E-state index contributed by atoms with van der Waals surface area (Å²) in [6.07, 6.45) is 2.39. The second kappa shape index (κ2) is 7.93. The van der Waals surface area contributed by atoms with Gasteiger partial charge in [0.25, 0.3) is 0 Å². The molecule has 0 bridgehead atoms. The molecule has 0 spiro atoms. The van der Waals surface area contributed by atoms with Crippen LogP contribution < -0.4 is 5.69 Å². The molecule has 1 N–H and O–H groups in total. The summed E-state index contributed by atoms with van der Waals surface area (Å²) in [5.74, 6) is -0.836. The van der Waals surface area contributed by atoms with Gasteiger partial charge in [0, 0.05) is 24.4 Å².